The molecule has 0 amide bonds. The molecule has 4 nitrogen and oxygen atoms in total. The fourth-order valence-corrected chi connectivity index (χ4v) is 2.70. The Morgan fingerprint density at radius 2 is 2.10 bits per heavy atom. The van der Waals surface area contributed by atoms with Crippen LogP contribution in [-0.2, 0) is 9.84 Å². The molecule has 1 rings (SSSR count). The third-order valence-corrected chi connectivity index (χ3v) is 4.26. The lowest BCUT2D eigenvalue weighted by Gasteiger charge is -2.07. The van der Waals surface area contributed by atoms with Crippen LogP contribution in [0.4, 0.5) is 4.39 Å². The van der Waals surface area contributed by atoms with Crippen LogP contribution in [-0.4, -0.2) is 33.1 Å². The van der Waals surface area contributed by atoms with Crippen molar-refractivity contribution in [2.45, 2.75) is 13.3 Å². The maximum absolute atomic E-state index is 13.6. The monoisotopic (exact) mass is 299 g/mol. The lowest BCUT2D eigenvalue weighted by Crippen LogP contribution is -2.16. The van der Waals surface area contributed by atoms with Gasteiger partial charge in [0.25, 0.3) is 0 Å². The summed E-state index contributed by atoms with van der Waals surface area (Å²) in [6, 6.07) is 4.22. The Kier molecular flexibility index (Phi) is 6.49. The first-order chi connectivity index (χ1) is 9.48. The summed E-state index contributed by atoms with van der Waals surface area (Å²) < 4.78 is 41.8. The van der Waals surface area contributed by atoms with Crippen LogP contribution in [0.15, 0.2) is 18.2 Å². The van der Waals surface area contributed by atoms with E-state index in [0.717, 1.165) is 0 Å². The molecule has 110 valence electrons. The molecule has 0 aromatic heterocycles. The zero-order valence-electron chi connectivity index (χ0n) is 11.4. The number of ether oxygens (including phenoxy) is 1. The van der Waals surface area contributed by atoms with Crippen molar-refractivity contribution in [2.75, 3.05) is 24.7 Å². The van der Waals surface area contributed by atoms with Gasteiger partial charge in [-0.2, -0.15) is 0 Å². The second-order valence-electron chi connectivity index (χ2n) is 4.15. The van der Waals surface area contributed by atoms with Gasteiger partial charge < -0.3 is 10.5 Å². The predicted molar refractivity (Wildman–Crippen MR) is 76.8 cm³/mol. The van der Waals surface area contributed by atoms with E-state index in [2.05, 4.69) is 11.8 Å². The van der Waals surface area contributed by atoms with E-state index in [-0.39, 0.29) is 36.0 Å². The molecule has 0 fully saturated rings. The SMILES string of the molecule is CCCS(=O)(=O)CCOc1ccc(C#CCN)c(F)c1. The molecule has 20 heavy (non-hydrogen) atoms. The number of rotatable bonds is 6. The van der Waals surface area contributed by atoms with Gasteiger partial charge in [-0.15, -0.1) is 0 Å². The summed E-state index contributed by atoms with van der Waals surface area (Å²) in [6.45, 7) is 1.97. The molecule has 2 N–H and O–H groups in total. The molecule has 1 aromatic rings. The van der Waals surface area contributed by atoms with E-state index in [9.17, 15) is 12.8 Å². The van der Waals surface area contributed by atoms with Gasteiger partial charge >= 0.3 is 0 Å². The van der Waals surface area contributed by atoms with Gasteiger partial charge in [0.1, 0.15) is 18.2 Å². The smallest absolute Gasteiger partial charge is 0.153 e. The Bertz CT molecular complexity index is 603. The number of benzene rings is 1. The molecule has 0 saturated carbocycles. The highest BCUT2D eigenvalue weighted by molar-refractivity contribution is 7.91. The zero-order valence-corrected chi connectivity index (χ0v) is 12.2. The predicted octanol–water partition coefficient (Wildman–Crippen LogP) is 1.34. The molecule has 0 saturated heterocycles. The molecule has 0 atom stereocenters. The quantitative estimate of drug-likeness (QED) is 0.805. The van der Waals surface area contributed by atoms with Crippen molar-refractivity contribution in [1.29, 1.82) is 0 Å². The maximum Gasteiger partial charge on any atom is 0.153 e. The summed E-state index contributed by atoms with van der Waals surface area (Å²) in [7, 11) is -3.09. The summed E-state index contributed by atoms with van der Waals surface area (Å²) in [5.41, 5.74) is 5.45. The Morgan fingerprint density at radius 1 is 1.35 bits per heavy atom. The summed E-state index contributed by atoms with van der Waals surface area (Å²) in [5.74, 6) is 4.99. The normalized spacial score (nSPS) is 10.8. The molecule has 0 heterocycles. The van der Waals surface area contributed by atoms with Gasteiger partial charge in [0.15, 0.2) is 9.84 Å². The van der Waals surface area contributed by atoms with Crippen molar-refractivity contribution in [2.24, 2.45) is 5.73 Å². The topological polar surface area (TPSA) is 69.4 Å². The molecule has 0 aliphatic heterocycles. The van der Waals surface area contributed by atoms with Crippen molar-refractivity contribution < 1.29 is 17.5 Å². The third kappa shape index (κ3) is 5.59. The Labute approximate surface area is 119 Å². The fraction of sp³-hybridized carbons (Fsp3) is 0.429. The molecular formula is C14H18FNO3S. The van der Waals surface area contributed by atoms with Crippen LogP contribution >= 0.6 is 0 Å². The van der Waals surface area contributed by atoms with Gasteiger partial charge in [0.05, 0.1) is 23.6 Å². The second-order valence-corrected chi connectivity index (χ2v) is 6.45. The average molecular weight is 299 g/mol. The largest absolute Gasteiger partial charge is 0.492 e. The average Bonchev–Trinajstić information content (AvgIpc) is 2.37. The molecule has 0 radical (unpaired) electrons. The Hall–Kier alpha value is -1.58. The van der Waals surface area contributed by atoms with E-state index >= 15 is 0 Å². The van der Waals surface area contributed by atoms with Crippen LogP contribution < -0.4 is 10.5 Å². The van der Waals surface area contributed by atoms with E-state index in [0.29, 0.717) is 6.42 Å². The van der Waals surface area contributed by atoms with Crippen LogP contribution in [0.3, 0.4) is 0 Å². The van der Waals surface area contributed by atoms with Crippen LogP contribution in [0, 0.1) is 17.7 Å². The molecule has 0 unspecified atom stereocenters. The minimum absolute atomic E-state index is 0.00952. The third-order valence-electron chi connectivity index (χ3n) is 2.44. The minimum Gasteiger partial charge on any atom is -0.492 e. The molecule has 0 aliphatic rings. The Balaban J connectivity index is 2.60. The number of sulfone groups is 1. The van der Waals surface area contributed by atoms with Gasteiger partial charge in [-0.25, -0.2) is 12.8 Å². The number of hydrogen-bond donors (Lipinski definition) is 1. The van der Waals surface area contributed by atoms with Crippen LogP contribution in [0.5, 0.6) is 5.75 Å². The van der Waals surface area contributed by atoms with Gasteiger partial charge in [-0.1, -0.05) is 18.8 Å². The zero-order chi connectivity index (χ0) is 15.0. The van der Waals surface area contributed by atoms with Crippen LogP contribution in [0.2, 0.25) is 0 Å². The first-order valence-electron chi connectivity index (χ1n) is 6.30. The highest BCUT2D eigenvalue weighted by atomic mass is 32.2. The molecular weight excluding hydrogens is 281 g/mol. The van der Waals surface area contributed by atoms with Crippen molar-refractivity contribution >= 4 is 9.84 Å². The van der Waals surface area contributed by atoms with Crippen molar-refractivity contribution in [3.05, 3.63) is 29.6 Å². The summed E-state index contributed by atoms with van der Waals surface area (Å²) in [6.07, 6.45) is 0.575. The van der Waals surface area contributed by atoms with Gasteiger partial charge in [0, 0.05) is 6.07 Å². The van der Waals surface area contributed by atoms with Gasteiger partial charge in [0.2, 0.25) is 0 Å². The van der Waals surface area contributed by atoms with E-state index in [1.807, 2.05) is 0 Å². The fourth-order valence-electron chi connectivity index (χ4n) is 1.53. The molecule has 0 aliphatic carbocycles. The van der Waals surface area contributed by atoms with E-state index < -0.39 is 15.7 Å². The molecule has 0 bridgehead atoms. The van der Waals surface area contributed by atoms with Gasteiger partial charge in [-0.3, -0.25) is 0 Å². The molecule has 6 heteroatoms. The Morgan fingerprint density at radius 3 is 2.70 bits per heavy atom. The highest BCUT2D eigenvalue weighted by Crippen LogP contribution is 2.16. The number of nitrogens with two attached hydrogens (primary N) is 1. The summed E-state index contributed by atoms with van der Waals surface area (Å²) in [4.78, 5) is 0. The second kappa shape index (κ2) is 7.88. The first-order valence-corrected chi connectivity index (χ1v) is 8.12. The number of hydrogen-bond acceptors (Lipinski definition) is 4. The van der Waals surface area contributed by atoms with Crippen molar-refractivity contribution in [3.8, 4) is 17.6 Å². The van der Waals surface area contributed by atoms with E-state index in [4.69, 9.17) is 10.5 Å². The lowest BCUT2D eigenvalue weighted by molar-refractivity contribution is 0.339. The molecule has 0 spiro atoms. The van der Waals surface area contributed by atoms with Crippen LogP contribution in [0.25, 0.3) is 0 Å². The summed E-state index contributed by atoms with van der Waals surface area (Å²) >= 11 is 0. The summed E-state index contributed by atoms with van der Waals surface area (Å²) in [5, 5.41) is 0. The highest BCUT2D eigenvalue weighted by Gasteiger charge is 2.10. The maximum atomic E-state index is 13.6. The van der Waals surface area contributed by atoms with E-state index in [1.165, 1.54) is 12.1 Å². The van der Waals surface area contributed by atoms with Gasteiger partial charge in [-0.05, 0) is 18.6 Å². The minimum atomic E-state index is -3.09. The van der Waals surface area contributed by atoms with E-state index in [1.54, 1.807) is 13.0 Å². The standard InChI is InChI=1S/C14H18FNO3S/c1-2-9-20(17,18)10-8-19-13-6-5-12(4-3-7-16)14(15)11-13/h5-6,11H,2,7-10,16H2,1H3. The lowest BCUT2D eigenvalue weighted by atomic mass is 10.2. The van der Waals surface area contributed by atoms with Crippen molar-refractivity contribution in [1.82, 2.24) is 0 Å². The van der Waals surface area contributed by atoms with Crippen LogP contribution in [0.1, 0.15) is 18.9 Å². The first kappa shape index (κ1) is 16.5. The number of halogens is 1. The van der Waals surface area contributed by atoms with Crippen molar-refractivity contribution in [3.63, 3.8) is 0 Å². The molecule has 1 aromatic carbocycles.